The van der Waals surface area contributed by atoms with Gasteiger partial charge < -0.3 is 24.8 Å². The summed E-state index contributed by atoms with van der Waals surface area (Å²) in [5.74, 6) is 0.857. The summed E-state index contributed by atoms with van der Waals surface area (Å²) in [5.41, 5.74) is 0. The average molecular weight is 275 g/mol. The predicted molar refractivity (Wildman–Crippen MR) is 77.8 cm³/mol. The average Bonchev–Trinajstić information content (AvgIpc) is 2.42. The molecule has 0 saturated heterocycles. The van der Waals surface area contributed by atoms with E-state index in [1.165, 1.54) is 0 Å². The zero-order valence-corrected chi connectivity index (χ0v) is 12.5. The molecule has 0 saturated carbocycles. The lowest BCUT2D eigenvalue weighted by Gasteiger charge is -2.11. The maximum atomic E-state index is 5.39. The van der Waals surface area contributed by atoms with Crippen LogP contribution in [0.4, 0.5) is 0 Å². The van der Waals surface area contributed by atoms with Crippen LogP contribution in [0.5, 0.6) is 0 Å². The number of aliphatic imine (C=N–C) groups is 1. The second kappa shape index (κ2) is 15.2. The van der Waals surface area contributed by atoms with E-state index in [2.05, 4.69) is 22.5 Å². The van der Waals surface area contributed by atoms with Crippen LogP contribution in [0.1, 0.15) is 19.8 Å². The van der Waals surface area contributed by atoms with E-state index in [-0.39, 0.29) is 0 Å². The SMILES string of the molecule is CCNC(=NCCCOC)NCCCOCCOC. The molecule has 0 aliphatic heterocycles. The Hall–Kier alpha value is -0.850. The largest absolute Gasteiger partial charge is 0.385 e. The minimum absolute atomic E-state index is 0.650. The monoisotopic (exact) mass is 275 g/mol. The summed E-state index contributed by atoms with van der Waals surface area (Å²) in [4.78, 5) is 4.45. The van der Waals surface area contributed by atoms with Gasteiger partial charge >= 0.3 is 0 Å². The van der Waals surface area contributed by atoms with E-state index < -0.39 is 0 Å². The van der Waals surface area contributed by atoms with E-state index in [1.54, 1.807) is 14.2 Å². The van der Waals surface area contributed by atoms with Crippen LogP contribution in [0.2, 0.25) is 0 Å². The molecular formula is C13H29N3O3. The summed E-state index contributed by atoms with van der Waals surface area (Å²) in [5, 5.41) is 6.48. The van der Waals surface area contributed by atoms with Crippen LogP contribution in [-0.2, 0) is 14.2 Å². The lowest BCUT2D eigenvalue weighted by Crippen LogP contribution is -2.38. The molecule has 0 atom stereocenters. The fourth-order valence-corrected chi connectivity index (χ4v) is 1.37. The Balaban J connectivity index is 3.58. The molecule has 0 unspecified atom stereocenters. The minimum Gasteiger partial charge on any atom is -0.385 e. The standard InChI is InChI=1S/C13H29N3O3/c1-4-14-13(15-7-5-9-17-2)16-8-6-10-19-12-11-18-3/h4-12H2,1-3H3,(H2,14,15,16). The maximum absolute atomic E-state index is 5.39. The molecule has 0 fully saturated rings. The van der Waals surface area contributed by atoms with Gasteiger partial charge in [0.1, 0.15) is 0 Å². The first-order chi connectivity index (χ1) is 9.35. The van der Waals surface area contributed by atoms with E-state index >= 15 is 0 Å². The molecule has 0 heterocycles. The topological polar surface area (TPSA) is 64.1 Å². The third-order valence-corrected chi connectivity index (χ3v) is 2.31. The van der Waals surface area contributed by atoms with Crippen LogP contribution in [0.15, 0.2) is 4.99 Å². The summed E-state index contributed by atoms with van der Waals surface area (Å²) in [6.45, 7) is 7.33. The number of rotatable bonds is 12. The quantitative estimate of drug-likeness (QED) is 0.311. The zero-order valence-electron chi connectivity index (χ0n) is 12.5. The molecule has 114 valence electrons. The highest BCUT2D eigenvalue weighted by atomic mass is 16.5. The van der Waals surface area contributed by atoms with Crippen LogP contribution in [-0.4, -0.2) is 66.2 Å². The first kappa shape index (κ1) is 18.1. The van der Waals surface area contributed by atoms with Crippen LogP contribution in [0, 0.1) is 0 Å². The van der Waals surface area contributed by atoms with Crippen LogP contribution < -0.4 is 10.6 Å². The highest BCUT2D eigenvalue weighted by molar-refractivity contribution is 5.79. The Morgan fingerprint density at radius 1 is 0.947 bits per heavy atom. The van der Waals surface area contributed by atoms with E-state index in [0.717, 1.165) is 51.6 Å². The highest BCUT2D eigenvalue weighted by Crippen LogP contribution is 1.85. The Kier molecular flexibility index (Phi) is 14.5. The van der Waals surface area contributed by atoms with E-state index in [0.29, 0.717) is 13.2 Å². The van der Waals surface area contributed by atoms with Gasteiger partial charge in [0.05, 0.1) is 13.2 Å². The van der Waals surface area contributed by atoms with Crippen LogP contribution >= 0.6 is 0 Å². The van der Waals surface area contributed by atoms with Gasteiger partial charge in [-0.2, -0.15) is 0 Å². The number of guanidine groups is 1. The summed E-state index contributed by atoms with van der Waals surface area (Å²) in [6, 6.07) is 0. The molecule has 0 amide bonds. The van der Waals surface area contributed by atoms with Crippen LogP contribution in [0.3, 0.4) is 0 Å². The molecule has 0 bridgehead atoms. The second-order valence-electron chi connectivity index (χ2n) is 3.99. The van der Waals surface area contributed by atoms with Crippen molar-refractivity contribution in [3.63, 3.8) is 0 Å². The second-order valence-corrected chi connectivity index (χ2v) is 3.99. The van der Waals surface area contributed by atoms with Gasteiger partial charge in [-0.15, -0.1) is 0 Å². The van der Waals surface area contributed by atoms with E-state index in [9.17, 15) is 0 Å². The number of nitrogens with zero attached hydrogens (tertiary/aromatic N) is 1. The van der Waals surface area contributed by atoms with Gasteiger partial charge in [0, 0.05) is 47.1 Å². The molecule has 0 rings (SSSR count). The molecule has 6 heteroatoms. The van der Waals surface area contributed by atoms with Crippen molar-refractivity contribution in [1.29, 1.82) is 0 Å². The summed E-state index contributed by atoms with van der Waals surface area (Å²) in [7, 11) is 3.38. The van der Waals surface area contributed by atoms with Crippen LogP contribution in [0.25, 0.3) is 0 Å². The molecule has 2 N–H and O–H groups in total. The predicted octanol–water partition coefficient (Wildman–Crippen LogP) is 0.631. The molecule has 0 spiro atoms. The Morgan fingerprint density at radius 3 is 2.42 bits per heavy atom. The fourth-order valence-electron chi connectivity index (χ4n) is 1.37. The van der Waals surface area contributed by atoms with Gasteiger partial charge in [0.2, 0.25) is 0 Å². The molecule has 0 aromatic heterocycles. The Labute approximate surface area is 116 Å². The lowest BCUT2D eigenvalue weighted by atomic mass is 10.4. The lowest BCUT2D eigenvalue weighted by molar-refractivity contribution is 0.0698. The third-order valence-electron chi connectivity index (χ3n) is 2.31. The molecule has 0 aliphatic rings. The zero-order chi connectivity index (χ0) is 14.2. The Morgan fingerprint density at radius 2 is 1.74 bits per heavy atom. The number of hydrogen-bond acceptors (Lipinski definition) is 4. The summed E-state index contributed by atoms with van der Waals surface area (Å²) in [6.07, 6.45) is 1.89. The smallest absolute Gasteiger partial charge is 0.191 e. The van der Waals surface area contributed by atoms with Gasteiger partial charge in [-0.1, -0.05) is 0 Å². The number of hydrogen-bond donors (Lipinski definition) is 2. The first-order valence-electron chi connectivity index (χ1n) is 6.93. The maximum Gasteiger partial charge on any atom is 0.191 e. The first-order valence-corrected chi connectivity index (χ1v) is 6.93. The number of nitrogens with one attached hydrogen (secondary N) is 2. The van der Waals surface area contributed by atoms with E-state index in [4.69, 9.17) is 14.2 Å². The highest BCUT2D eigenvalue weighted by Gasteiger charge is 1.96. The molecule has 19 heavy (non-hydrogen) atoms. The van der Waals surface area contributed by atoms with Crippen molar-refractivity contribution >= 4 is 5.96 Å². The summed E-state index contributed by atoms with van der Waals surface area (Å²) < 4.78 is 15.3. The molecule has 0 aromatic carbocycles. The van der Waals surface area contributed by atoms with Crippen molar-refractivity contribution in [2.75, 3.05) is 60.3 Å². The number of ether oxygens (including phenoxy) is 3. The van der Waals surface area contributed by atoms with Gasteiger partial charge in [0.25, 0.3) is 0 Å². The van der Waals surface area contributed by atoms with Crippen molar-refractivity contribution in [2.24, 2.45) is 4.99 Å². The van der Waals surface area contributed by atoms with Gasteiger partial charge in [-0.3, -0.25) is 4.99 Å². The third kappa shape index (κ3) is 13.4. The molecule has 6 nitrogen and oxygen atoms in total. The minimum atomic E-state index is 0.650. The van der Waals surface area contributed by atoms with Crippen molar-refractivity contribution in [3.05, 3.63) is 0 Å². The van der Waals surface area contributed by atoms with Gasteiger partial charge in [0.15, 0.2) is 5.96 Å². The normalized spacial score (nSPS) is 11.6. The molecule has 0 aliphatic carbocycles. The van der Waals surface area contributed by atoms with Crippen molar-refractivity contribution in [2.45, 2.75) is 19.8 Å². The molecule has 0 aromatic rings. The summed E-state index contributed by atoms with van der Waals surface area (Å²) >= 11 is 0. The fraction of sp³-hybridized carbons (Fsp3) is 0.923. The molecule has 0 radical (unpaired) electrons. The van der Waals surface area contributed by atoms with Crippen molar-refractivity contribution in [3.8, 4) is 0 Å². The van der Waals surface area contributed by atoms with E-state index in [1.807, 2.05) is 0 Å². The van der Waals surface area contributed by atoms with Crippen molar-refractivity contribution in [1.82, 2.24) is 10.6 Å². The van der Waals surface area contributed by atoms with Gasteiger partial charge in [-0.05, 0) is 19.8 Å². The number of methoxy groups -OCH3 is 2. The molecular weight excluding hydrogens is 246 g/mol. The van der Waals surface area contributed by atoms with Crippen molar-refractivity contribution < 1.29 is 14.2 Å². The van der Waals surface area contributed by atoms with Gasteiger partial charge in [-0.25, -0.2) is 0 Å². The Bertz CT molecular complexity index is 213.